The van der Waals surface area contributed by atoms with Crippen LogP contribution in [0.5, 0.6) is 0 Å². The Hall–Kier alpha value is -5.94. The molecule has 3 aromatic carbocycles. The van der Waals surface area contributed by atoms with Crippen molar-refractivity contribution in [1.29, 1.82) is 0 Å². The Morgan fingerprint density at radius 3 is 2.11 bits per heavy atom. The predicted octanol–water partition coefficient (Wildman–Crippen LogP) is 4.27. The van der Waals surface area contributed by atoms with E-state index in [-0.39, 0.29) is 36.3 Å². The molecular weight excluding hydrogens is 843 g/mol. The largest absolute Gasteiger partial charge is 0.455 e. The second kappa shape index (κ2) is 18.1. The first-order chi connectivity index (χ1) is 30.8. The minimum atomic E-state index is -2.36. The molecule has 1 unspecified atom stereocenters. The molecule has 346 valence electrons. The first-order valence-electron chi connectivity index (χ1n) is 21.6. The fourth-order valence-corrected chi connectivity index (χ4v) is 10.4. The molecule has 4 N–H and O–H groups in total. The summed E-state index contributed by atoms with van der Waals surface area (Å²) in [6.07, 6.45) is -11.1. The third kappa shape index (κ3) is 8.44. The first kappa shape index (κ1) is 47.0. The summed E-state index contributed by atoms with van der Waals surface area (Å²) in [5.74, 6) is -7.07. The number of aliphatic hydroxyl groups is 3. The highest BCUT2D eigenvalue weighted by Crippen LogP contribution is 2.64. The van der Waals surface area contributed by atoms with Gasteiger partial charge in [-0.25, -0.2) is 14.4 Å². The molecular formula is C49H55NO15. The molecule has 1 saturated heterocycles. The highest BCUT2D eigenvalue weighted by Gasteiger charge is 2.78. The second-order valence-corrected chi connectivity index (χ2v) is 18.1. The molecule has 16 nitrogen and oxygen atoms in total. The number of carbonyl (C=O) groups excluding carboxylic acids is 6. The summed E-state index contributed by atoms with van der Waals surface area (Å²) in [4.78, 5) is 82.7. The summed E-state index contributed by atoms with van der Waals surface area (Å²) in [6.45, 7) is 7.78. The molecule has 2 saturated carbocycles. The number of rotatable bonds is 12. The molecule has 1 heterocycles. The van der Waals surface area contributed by atoms with E-state index in [1.54, 1.807) is 93.6 Å². The van der Waals surface area contributed by atoms with Gasteiger partial charge in [0.25, 0.3) is 0 Å². The lowest BCUT2D eigenvalue weighted by Gasteiger charge is -2.67. The number of hydrogen-bond donors (Lipinski definition) is 4. The highest BCUT2D eigenvalue weighted by atomic mass is 16.6. The van der Waals surface area contributed by atoms with Crippen molar-refractivity contribution in [3.63, 3.8) is 0 Å². The quantitative estimate of drug-likeness (QED) is 0.113. The number of carbonyl (C=O) groups is 6. The van der Waals surface area contributed by atoms with Crippen LogP contribution in [0.4, 0.5) is 4.79 Å². The van der Waals surface area contributed by atoms with Gasteiger partial charge in [-0.3, -0.25) is 14.4 Å². The van der Waals surface area contributed by atoms with Crippen LogP contribution in [0.25, 0.3) is 0 Å². The minimum absolute atomic E-state index is 0.0573. The lowest BCUT2D eigenvalue weighted by molar-refractivity contribution is -0.346. The Morgan fingerprint density at radius 1 is 0.892 bits per heavy atom. The van der Waals surface area contributed by atoms with Gasteiger partial charge in [0, 0.05) is 31.1 Å². The summed E-state index contributed by atoms with van der Waals surface area (Å²) in [7, 11) is 0. The van der Waals surface area contributed by atoms with Gasteiger partial charge in [-0.05, 0) is 48.3 Å². The van der Waals surface area contributed by atoms with Crippen molar-refractivity contribution in [1.82, 2.24) is 5.32 Å². The van der Waals surface area contributed by atoms with Gasteiger partial charge >= 0.3 is 30.0 Å². The number of hydrogen-bond acceptors (Lipinski definition) is 15. The van der Waals surface area contributed by atoms with Crippen molar-refractivity contribution in [3.8, 4) is 0 Å². The van der Waals surface area contributed by atoms with Gasteiger partial charge in [0.1, 0.15) is 43.2 Å². The van der Waals surface area contributed by atoms with Gasteiger partial charge in [-0.15, -0.1) is 0 Å². The van der Waals surface area contributed by atoms with Crippen molar-refractivity contribution >= 4 is 35.8 Å². The highest BCUT2D eigenvalue weighted by molar-refractivity contribution is 5.94. The summed E-state index contributed by atoms with van der Waals surface area (Å²) in [5, 5.41) is 40.1. The van der Waals surface area contributed by atoms with E-state index in [2.05, 4.69) is 5.32 Å². The Bertz CT molecular complexity index is 2340. The van der Waals surface area contributed by atoms with Crippen molar-refractivity contribution in [3.05, 3.63) is 119 Å². The summed E-state index contributed by atoms with van der Waals surface area (Å²) >= 11 is 0. The fourth-order valence-electron chi connectivity index (χ4n) is 10.4. The molecule has 4 aliphatic rings. The minimum Gasteiger partial charge on any atom is -0.455 e. The number of aliphatic hydroxyl groups excluding tert-OH is 2. The number of alkyl carbamates (subject to hydrolysis) is 1. The van der Waals surface area contributed by atoms with E-state index in [1.807, 2.05) is 6.07 Å². The number of fused-ring (bicyclic) bond motifs is 5. The molecule has 3 fully saturated rings. The molecule has 1 amide bonds. The zero-order valence-electron chi connectivity index (χ0n) is 37.1. The SMILES string of the molecule is CC(=O)O[C@@]12CO[C@@H]1C[C@H](O)[C@@]1(C)C(=O)[C@H](O)C3=C(C)[C@@H](OC(=O)[C@H](OC(=O)CNC(=O)OCc4ccccc4)[C@@H](C)c4ccccc4)C[C@@](O)(C(OC(=O)c4ccccc4)[C@H]21)C3(C)C. The van der Waals surface area contributed by atoms with Crippen LogP contribution in [0.2, 0.25) is 0 Å². The molecule has 11 atom stereocenters. The standard InChI is InChI=1S/C49H55NO15/c1-27(31-18-12-8-13-19-31)39(63-36(53)24-50-45(58)60-25-30-16-10-7-11-17-30)44(57)62-33-23-49(59)42(64-43(56)32-20-14-9-15-21-32)40-47(6,41(55)38(54)37(28(33)2)46(49,4)5)34(52)22-35-48(40,26-61-35)65-29(3)51/h7-21,27,33-35,38-40,42,52,54,59H,22-26H2,1-6H3,(H,50,58)/t27-,33-,34-,35+,38+,39+,40-,42?,47+,48-,49+/m0/s1. The topological polar surface area (TPSA) is 231 Å². The molecule has 3 aliphatic carbocycles. The van der Waals surface area contributed by atoms with Gasteiger partial charge in [0.05, 0.1) is 29.6 Å². The number of nitrogens with one attached hydrogen (secondary N) is 1. The maximum Gasteiger partial charge on any atom is 0.407 e. The van der Waals surface area contributed by atoms with Crippen molar-refractivity contribution < 1.29 is 72.5 Å². The normalized spacial score (nSPS) is 30.9. The molecule has 0 aromatic heterocycles. The fraction of sp³-hybridized carbons (Fsp3) is 0.469. The predicted molar refractivity (Wildman–Crippen MR) is 228 cm³/mol. The van der Waals surface area contributed by atoms with E-state index in [1.165, 1.54) is 26.0 Å². The van der Waals surface area contributed by atoms with Crippen molar-refractivity contribution in [2.24, 2.45) is 16.7 Å². The first-order valence-corrected chi connectivity index (χ1v) is 21.6. The number of ether oxygens (including phenoxy) is 6. The number of benzene rings is 3. The molecule has 0 radical (unpaired) electrons. The van der Waals surface area contributed by atoms with Gasteiger partial charge in [0.2, 0.25) is 6.10 Å². The van der Waals surface area contributed by atoms with Gasteiger partial charge in [-0.2, -0.15) is 0 Å². The van der Waals surface area contributed by atoms with Gasteiger partial charge in [0.15, 0.2) is 11.4 Å². The van der Waals surface area contributed by atoms with Crippen LogP contribution in [0.1, 0.15) is 81.8 Å². The lowest BCUT2D eigenvalue weighted by atomic mass is 9.44. The van der Waals surface area contributed by atoms with Crippen molar-refractivity contribution in [2.45, 2.75) is 115 Å². The van der Waals surface area contributed by atoms with Gasteiger partial charge in [-0.1, -0.05) is 99.6 Å². The van der Waals surface area contributed by atoms with E-state index >= 15 is 4.79 Å². The Morgan fingerprint density at radius 2 is 1.51 bits per heavy atom. The molecule has 2 bridgehead atoms. The maximum atomic E-state index is 15.1. The van der Waals surface area contributed by atoms with Crippen LogP contribution in [0.3, 0.4) is 0 Å². The number of amides is 1. The second-order valence-electron chi connectivity index (χ2n) is 18.1. The smallest absolute Gasteiger partial charge is 0.407 e. The Kier molecular flexibility index (Phi) is 13.1. The van der Waals surface area contributed by atoms with Crippen LogP contribution in [-0.4, -0.2) is 112 Å². The maximum absolute atomic E-state index is 15.1. The average molecular weight is 898 g/mol. The lowest BCUT2D eigenvalue weighted by Crippen LogP contribution is -2.81. The number of Topliss-reactive ketones (excluding diaryl/α,β-unsaturated/α-hetero) is 1. The van der Waals surface area contributed by atoms with Gasteiger partial charge < -0.3 is 49.1 Å². The number of esters is 4. The zero-order chi connectivity index (χ0) is 47.1. The summed E-state index contributed by atoms with van der Waals surface area (Å²) < 4.78 is 35.4. The van der Waals surface area contributed by atoms with E-state index in [9.17, 15) is 39.3 Å². The van der Waals surface area contributed by atoms with E-state index < -0.39 is 119 Å². The summed E-state index contributed by atoms with van der Waals surface area (Å²) in [5.41, 5.74) is -6.29. The van der Waals surface area contributed by atoms with E-state index in [0.29, 0.717) is 11.1 Å². The van der Waals surface area contributed by atoms with E-state index in [0.717, 1.165) is 6.92 Å². The molecule has 1 aliphatic heterocycles. The van der Waals surface area contributed by atoms with Crippen LogP contribution in [0, 0.1) is 16.7 Å². The average Bonchev–Trinajstić information content (AvgIpc) is 3.28. The third-order valence-electron chi connectivity index (χ3n) is 14.0. The zero-order valence-corrected chi connectivity index (χ0v) is 37.1. The van der Waals surface area contributed by atoms with Crippen LogP contribution >= 0.6 is 0 Å². The third-order valence-corrected chi connectivity index (χ3v) is 14.0. The van der Waals surface area contributed by atoms with Crippen LogP contribution in [0.15, 0.2) is 102 Å². The molecule has 7 rings (SSSR count). The molecule has 3 aromatic rings. The summed E-state index contributed by atoms with van der Waals surface area (Å²) in [6, 6.07) is 25.4. The molecule has 16 heteroatoms. The monoisotopic (exact) mass is 897 g/mol. The Balaban J connectivity index is 1.27. The Labute approximate surface area is 376 Å². The molecule has 0 spiro atoms. The van der Waals surface area contributed by atoms with Crippen LogP contribution < -0.4 is 5.32 Å². The molecule has 65 heavy (non-hydrogen) atoms. The number of ketones is 1. The van der Waals surface area contributed by atoms with Crippen molar-refractivity contribution in [2.75, 3.05) is 13.2 Å². The van der Waals surface area contributed by atoms with Crippen LogP contribution in [-0.2, 0) is 54.2 Å². The van der Waals surface area contributed by atoms with E-state index in [4.69, 9.17) is 28.4 Å².